The molecule has 1 aromatic heterocycles. The van der Waals surface area contributed by atoms with Gasteiger partial charge in [-0.1, -0.05) is 0 Å². The van der Waals surface area contributed by atoms with Gasteiger partial charge in [0.05, 0.1) is 18.9 Å². The molecule has 2 unspecified atom stereocenters. The standard InChI is InChI=1S/C10H16N2O4S/c1-3-16-10(15)7-5-12-9(17-7)8(14)6(13)4-11-2/h5-6,8,11,13-14H,3-4H2,1-2H3. The summed E-state index contributed by atoms with van der Waals surface area (Å²) in [5.74, 6) is -0.466. The molecule has 0 saturated heterocycles. The molecular weight excluding hydrogens is 244 g/mol. The van der Waals surface area contributed by atoms with Gasteiger partial charge >= 0.3 is 5.97 Å². The lowest BCUT2D eigenvalue weighted by Crippen LogP contribution is -2.29. The van der Waals surface area contributed by atoms with Gasteiger partial charge in [0.15, 0.2) is 0 Å². The van der Waals surface area contributed by atoms with Crippen molar-refractivity contribution in [1.82, 2.24) is 10.3 Å². The fourth-order valence-corrected chi connectivity index (χ4v) is 2.06. The summed E-state index contributed by atoms with van der Waals surface area (Å²) in [7, 11) is 1.67. The summed E-state index contributed by atoms with van der Waals surface area (Å²) in [5.41, 5.74) is 0. The molecule has 0 radical (unpaired) electrons. The van der Waals surface area contributed by atoms with Gasteiger partial charge < -0.3 is 20.3 Å². The van der Waals surface area contributed by atoms with Crippen LogP contribution in [0.4, 0.5) is 0 Å². The molecule has 0 aliphatic heterocycles. The zero-order valence-electron chi connectivity index (χ0n) is 9.71. The number of ether oxygens (including phenoxy) is 1. The molecule has 1 rings (SSSR count). The highest BCUT2D eigenvalue weighted by Crippen LogP contribution is 2.23. The lowest BCUT2D eigenvalue weighted by Gasteiger charge is -2.14. The van der Waals surface area contributed by atoms with Gasteiger partial charge in [0.25, 0.3) is 0 Å². The summed E-state index contributed by atoms with van der Waals surface area (Å²) < 4.78 is 4.80. The molecule has 1 heterocycles. The van der Waals surface area contributed by atoms with Crippen LogP contribution in [0.2, 0.25) is 0 Å². The van der Waals surface area contributed by atoms with Crippen LogP contribution >= 0.6 is 11.3 Å². The third-order valence-electron chi connectivity index (χ3n) is 2.03. The van der Waals surface area contributed by atoms with Gasteiger partial charge in [-0.15, -0.1) is 11.3 Å². The lowest BCUT2D eigenvalue weighted by molar-refractivity contribution is 0.0201. The molecule has 0 fully saturated rings. The highest BCUT2D eigenvalue weighted by Gasteiger charge is 2.22. The van der Waals surface area contributed by atoms with Crippen molar-refractivity contribution < 1.29 is 19.7 Å². The molecule has 17 heavy (non-hydrogen) atoms. The first-order chi connectivity index (χ1) is 8.10. The number of nitrogens with zero attached hydrogens (tertiary/aromatic N) is 1. The molecular formula is C10H16N2O4S. The van der Waals surface area contributed by atoms with Crippen molar-refractivity contribution in [1.29, 1.82) is 0 Å². The summed E-state index contributed by atoms with van der Waals surface area (Å²) >= 11 is 1.02. The van der Waals surface area contributed by atoms with E-state index in [1.807, 2.05) is 0 Å². The van der Waals surface area contributed by atoms with E-state index in [-0.39, 0.29) is 13.2 Å². The van der Waals surface area contributed by atoms with Gasteiger partial charge in [0.2, 0.25) is 0 Å². The van der Waals surface area contributed by atoms with E-state index in [4.69, 9.17) is 4.74 Å². The Morgan fingerprint density at radius 2 is 2.35 bits per heavy atom. The number of aliphatic hydroxyl groups is 2. The number of thiazole rings is 1. The minimum Gasteiger partial charge on any atom is -0.462 e. The Hall–Kier alpha value is -1.02. The molecule has 0 bridgehead atoms. The molecule has 0 aromatic carbocycles. The number of hydrogen-bond donors (Lipinski definition) is 3. The van der Waals surface area contributed by atoms with Gasteiger partial charge in [-0.3, -0.25) is 0 Å². The molecule has 6 nitrogen and oxygen atoms in total. The van der Waals surface area contributed by atoms with E-state index < -0.39 is 18.2 Å². The second-order valence-corrected chi connectivity index (χ2v) is 4.42. The van der Waals surface area contributed by atoms with Crippen LogP contribution in [0, 0.1) is 0 Å². The fourth-order valence-electron chi connectivity index (χ4n) is 1.21. The van der Waals surface area contributed by atoms with Crippen LogP contribution in [0.5, 0.6) is 0 Å². The van der Waals surface area contributed by atoms with Crippen molar-refractivity contribution in [2.75, 3.05) is 20.2 Å². The average Bonchev–Trinajstić information content (AvgIpc) is 2.78. The van der Waals surface area contributed by atoms with Crippen molar-refractivity contribution in [3.8, 4) is 0 Å². The van der Waals surface area contributed by atoms with E-state index in [9.17, 15) is 15.0 Å². The molecule has 1 aromatic rings. The SMILES string of the molecule is CCOC(=O)c1cnc(C(O)C(O)CNC)s1. The quantitative estimate of drug-likeness (QED) is 0.620. The van der Waals surface area contributed by atoms with E-state index in [0.717, 1.165) is 11.3 Å². The number of nitrogens with one attached hydrogen (secondary N) is 1. The number of likely N-dealkylation sites (N-methyl/N-ethyl adjacent to an activating group) is 1. The summed E-state index contributed by atoms with van der Waals surface area (Å²) in [4.78, 5) is 15.6. The Balaban J connectivity index is 2.70. The Morgan fingerprint density at radius 1 is 1.65 bits per heavy atom. The van der Waals surface area contributed by atoms with Crippen molar-refractivity contribution in [2.24, 2.45) is 0 Å². The predicted molar refractivity (Wildman–Crippen MR) is 63.0 cm³/mol. The third kappa shape index (κ3) is 3.74. The smallest absolute Gasteiger partial charge is 0.349 e. The Bertz CT molecular complexity index is 369. The van der Waals surface area contributed by atoms with Gasteiger partial charge in [-0.2, -0.15) is 0 Å². The Labute approximate surface area is 103 Å². The number of carbonyl (C=O) groups excluding carboxylic acids is 1. The highest BCUT2D eigenvalue weighted by molar-refractivity contribution is 7.13. The van der Waals surface area contributed by atoms with E-state index in [0.29, 0.717) is 9.88 Å². The molecule has 0 amide bonds. The van der Waals surface area contributed by atoms with Crippen LogP contribution in [0.15, 0.2) is 6.20 Å². The van der Waals surface area contributed by atoms with Gasteiger partial charge in [0, 0.05) is 6.54 Å². The van der Waals surface area contributed by atoms with Crippen LogP contribution in [-0.4, -0.2) is 47.5 Å². The molecule has 96 valence electrons. The van der Waals surface area contributed by atoms with Crippen LogP contribution in [0.1, 0.15) is 27.7 Å². The molecule has 0 spiro atoms. The summed E-state index contributed by atoms with van der Waals surface area (Å²) in [6.45, 7) is 2.25. The number of esters is 1. The second kappa shape index (κ2) is 6.65. The van der Waals surface area contributed by atoms with Gasteiger partial charge in [-0.25, -0.2) is 9.78 Å². The van der Waals surface area contributed by atoms with E-state index in [1.165, 1.54) is 6.20 Å². The van der Waals surface area contributed by atoms with Gasteiger partial charge in [-0.05, 0) is 14.0 Å². The van der Waals surface area contributed by atoms with E-state index >= 15 is 0 Å². The number of carbonyl (C=O) groups is 1. The predicted octanol–water partition coefficient (Wildman–Crippen LogP) is -0.0665. The number of hydrogen-bond acceptors (Lipinski definition) is 7. The first-order valence-corrected chi connectivity index (χ1v) is 6.05. The van der Waals surface area contributed by atoms with Crippen molar-refractivity contribution in [2.45, 2.75) is 19.1 Å². The van der Waals surface area contributed by atoms with Crippen LogP contribution in [0.3, 0.4) is 0 Å². The monoisotopic (exact) mass is 260 g/mol. The maximum atomic E-state index is 11.4. The van der Waals surface area contributed by atoms with Crippen molar-refractivity contribution in [3.63, 3.8) is 0 Å². The topological polar surface area (TPSA) is 91.7 Å². The average molecular weight is 260 g/mol. The summed E-state index contributed by atoms with van der Waals surface area (Å²) in [5, 5.41) is 22.4. The molecule has 0 saturated carbocycles. The molecule has 0 aliphatic carbocycles. The lowest BCUT2D eigenvalue weighted by atomic mass is 10.2. The Morgan fingerprint density at radius 3 is 2.94 bits per heavy atom. The first kappa shape index (κ1) is 14.0. The van der Waals surface area contributed by atoms with Crippen LogP contribution in [0.25, 0.3) is 0 Å². The largest absolute Gasteiger partial charge is 0.462 e. The Kier molecular flexibility index (Phi) is 5.49. The number of aliphatic hydroxyl groups excluding tert-OH is 2. The first-order valence-electron chi connectivity index (χ1n) is 5.23. The van der Waals surface area contributed by atoms with E-state index in [1.54, 1.807) is 14.0 Å². The number of rotatable bonds is 6. The highest BCUT2D eigenvalue weighted by atomic mass is 32.1. The van der Waals surface area contributed by atoms with Gasteiger partial charge in [0.1, 0.15) is 16.0 Å². The minimum absolute atomic E-state index is 0.246. The third-order valence-corrected chi connectivity index (χ3v) is 3.08. The molecule has 0 aliphatic rings. The molecule has 3 N–H and O–H groups in total. The maximum Gasteiger partial charge on any atom is 0.349 e. The second-order valence-electron chi connectivity index (χ2n) is 3.35. The number of aromatic nitrogens is 1. The zero-order chi connectivity index (χ0) is 12.8. The minimum atomic E-state index is -1.10. The van der Waals surface area contributed by atoms with Crippen LogP contribution < -0.4 is 5.32 Å². The maximum absolute atomic E-state index is 11.4. The zero-order valence-corrected chi connectivity index (χ0v) is 10.5. The van der Waals surface area contributed by atoms with Crippen LogP contribution in [-0.2, 0) is 4.74 Å². The normalized spacial score (nSPS) is 14.4. The van der Waals surface area contributed by atoms with Crippen molar-refractivity contribution in [3.05, 3.63) is 16.1 Å². The fraction of sp³-hybridized carbons (Fsp3) is 0.600. The summed E-state index contributed by atoms with van der Waals surface area (Å²) in [6, 6.07) is 0. The van der Waals surface area contributed by atoms with E-state index in [2.05, 4.69) is 10.3 Å². The summed E-state index contributed by atoms with van der Waals surface area (Å²) in [6.07, 6.45) is -0.718. The van der Waals surface area contributed by atoms with Crippen molar-refractivity contribution >= 4 is 17.3 Å². The molecule has 2 atom stereocenters. The molecule has 7 heteroatoms.